The third-order valence-electron chi connectivity index (χ3n) is 5.49. The Labute approximate surface area is 183 Å². The second kappa shape index (κ2) is 13.7. The van der Waals surface area contributed by atoms with E-state index < -0.39 is 12.1 Å². The molecule has 1 aliphatic rings. The summed E-state index contributed by atoms with van der Waals surface area (Å²) < 4.78 is 5.46. The van der Waals surface area contributed by atoms with Crippen LogP contribution in [0.1, 0.15) is 105 Å². The molecule has 0 aromatic rings. The molecule has 0 aliphatic carbocycles. The van der Waals surface area contributed by atoms with E-state index in [1.165, 1.54) is 38.5 Å². The zero-order chi connectivity index (χ0) is 22.6. The first-order valence-electron chi connectivity index (χ1n) is 11.9. The van der Waals surface area contributed by atoms with Gasteiger partial charge in [-0.3, -0.25) is 9.59 Å². The van der Waals surface area contributed by atoms with Crippen molar-refractivity contribution in [2.75, 3.05) is 13.2 Å². The van der Waals surface area contributed by atoms with Crippen molar-refractivity contribution in [3.63, 3.8) is 0 Å². The Balaban J connectivity index is 2.33. The first kappa shape index (κ1) is 26.4. The largest absolute Gasteiger partial charge is 0.464 e. The van der Waals surface area contributed by atoms with Crippen LogP contribution in [0.5, 0.6) is 0 Å². The number of esters is 1. The fourth-order valence-corrected chi connectivity index (χ4v) is 3.87. The summed E-state index contributed by atoms with van der Waals surface area (Å²) in [6, 6.07) is -1.16. The van der Waals surface area contributed by atoms with Gasteiger partial charge in [0.2, 0.25) is 11.8 Å². The second-order valence-corrected chi connectivity index (χ2v) is 9.86. The molecule has 2 atom stereocenters. The van der Waals surface area contributed by atoms with Crippen LogP contribution in [0.4, 0.5) is 0 Å². The zero-order valence-corrected chi connectivity index (χ0v) is 19.9. The van der Waals surface area contributed by atoms with Crippen molar-refractivity contribution in [2.24, 2.45) is 5.41 Å². The summed E-state index contributed by atoms with van der Waals surface area (Å²) in [5, 5.41) is 2.77. The molecule has 0 spiro atoms. The zero-order valence-electron chi connectivity index (χ0n) is 19.9. The molecule has 2 amide bonds. The molecule has 0 bridgehead atoms. The number of ether oxygens (including phenoxy) is 1. The molecular formula is C24H44N2O4. The Hall–Kier alpha value is -1.59. The number of nitrogens with zero attached hydrogens (tertiary/aromatic N) is 1. The molecule has 30 heavy (non-hydrogen) atoms. The van der Waals surface area contributed by atoms with E-state index in [-0.39, 0.29) is 23.2 Å². The fourth-order valence-electron chi connectivity index (χ4n) is 3.87. The van der Waals surface area contributed by atoms with Crippen LogP contribution in [0.2, 0.25) is 0 Å². The monoisotopic (exact) mass is 424 g/mol. The maximum absolute atomic E-state index is 12.8. The summed E-state index contributed by atoms with van der Waals surface area (Å²) in [4.78, 5) is 39.0. The molecule has 0 saturated carbocycles. The van der Waals surface area contributed by atoms with Gasteiger partial charge in [0, 0.05) is 13.0 Å². The minimum Gasteiger partial charge on any atom is -0.464 e. The van der Waals surface area contributed by atoms with E-state index in [4.69, 9.17) is 4.74 Å². The fraction of sp³-hybridized carbons (Fsp3) is 0.875. The summed E-state index contributed by atoms with van der Waals surface area (Å²) in [5.41, 5.74) is -0.137. The minimum atomic E-state index is -0.638. The summed E-state index contributed by atoms with van der Waals surface area (Å²) in [6.45, 7) is 10.8. The van der Waals surface area contributed by atoms with Gasteiger partial charge in [0.05, 0.1) is 6.61 Å². The van der Waals surface area contributed by atoms with Crippen LogP contribution in [0.25, 0.3) is 0 Å². The molecule has 174 valence electrons. The lowest BCUT2D eigenvalue weighted by Crippen LogP contribution is -2.51. The Bertz CT molecular complexity index is 542. The molecule has 1 rings (SSSR count). The van der Waals surface area contributed by atoms with E-state index in [0.717, 1.165) is 19.3 Å². The average Bonchev–Trinajstić information content (AvgIpc) is 3.14. The highest BCUT2D eigenvalue weighted by Crippen LogP contribution is 2.21. The van der Waals surface area contributed by atoms with Gasteiger partial charge in [0.25, 0.3) is 0 Å². The molecule has 0 radical (unpaired) electrons. The number of rotatable bonds is 13. The first-order chi connectivity index (χ1) is 14.2. The summed E-state index contributed by atoms with van der Waals surface area (Å²) >= 11 is 0. The number of likely N-dealkylation sites (tertiary alicyclic amines) is 1. The lowest BCUT2D eigenvalue weighted by atomic mass is 9.92. The number of hydrogen-bond acceptors (Lipinski definition) is 4. The van der Waals surface area contributed by atoms with E-state index in [2.05, 4.69) is 12.2 Å². The van der Waals surface area contributed by atoms with Crippen molar-refractivity contribution < 1.29 is 19.1 Å². The van der Waals surface area contributed by atoms with Crippen LogP contribution in [0.3, 0.4) is 0 Å². The van der Waals surface area contributed by atoms with Crippen LogP contribution in [-0.4, -0.2) is 47.9 Å². The Kier molecular flexibility index (Phi) is 12.0. The third-order valence-corrected chi connectivity index (χ3v) is 5.49. The second-order valence-electron chi connectivity index (χ2n) is 9.86. The Morgan fingerprint density at radius 2 is 1.63 bits per heavy atom. The van der Waals surface area contributed by atoms with E-state index in [1.54, 1.807) is 11.8 Å². The number of carbonyl (C=O) groups excluding carboxylic acids is 3. The van der Waals surface area contributed by atoms with Gasteiger partial charge in [0.1, 0.15) is 12.1 Å². The molecule has 1 aliphatic heterocycles. The van der Waals surface area contributed by atoms with Crippen LogP contribution < -0.4 is 5.32 Å². The molecule has 1 heterocycles. The lowest BCUT2D eigenvalue weighted by molar-refractivity contribution is -0.154. The highest BCUT2D eigenvalue weighted by molar-refractivity contribution is 5.91. The first-order valence-corrected chi connectivity index (χ1v) is 11.9. The van der Waals surface area contributed by atoms with E-state index in [9.17, 15) is 14.4 Å². The predicted molar refractivity (Wildman–Crippen MR) is 120 cm³/mol. The number of carbonyl (C=O) groups is 3. The van der Waals surface area contributed by atoms with Crippen LogP contribution in [0.15, 0.2) is 0 Å². The minimum absolute atomic E-state index is 0.137. The number of hydrogen-bond donors (Lipinski definition) is 1. The molecular weight excluding hydrogens is 380 g/mol. The lowest BCUT2D eigenvalue weighted by Gasteiger charge is -2.27. The maximum Gasteiger partial charge on any atom is 0.328 e. The van der Waals surface area contributed by atoms with Crippen molar-refractivity contribution in [1.82, 2.24) is 10.2 Å². The van der Waals surface area contributed by atoms with Gasteiger partial charge >= 0.3 is 5.97 Å². The molecule has 0 aromatic carbocycles. The number of nitrogens with one attached hydrogen (secondary N) is 1. The molecule has 1 saturated heterocycles. The van der Waals surface area contributed by atoms with Crippen LogP contribution in [-0.2, 0) is 19.1 Å². The summed E-state index contributed by atoms with van der Waals surface area (Å²) in [7, 11) is 0. The normalized spacial score (nSPS) is 17.6. The molecule has 1 N–H and O–H groups in total. The highest BCUT2D eigenvalue weighted by Gasteiger charge is 2.37. The van der Waals surface area contributed by atoms with Crippen LogP contribution >= 0.6 is 0 Å². The maximum atomic E-state index is 12.8. The average molecular weight is 425 g/mol. The summed E-state index contributed by atoms with van der Waals surface area (Å²) in [6.07, 6.45) is 11.3. The standard InChI is InChI=1S/C24H44N2O4/c1-6-7-8-9-10-11-12-13-17-30-23(29)20-15-14-16-26(20)22(28)19(2)25-21(27)18-24(3,4)5/h19-20H,6-18H2,1-5H3,(H,25,27). The van der Waals surface area contributed by atoms with Gasteiger partial charge in [0.15, 0.2) is 0 Å². The number of unbranched alkanes of at least 4 members (excludes halogenated alkanes) is 7. The molecule has 6 heteroatoms. The van der Waals surface area contributed by atoms with Gasteiger partial charge < -0.3 is 15.0 Å². The topological polar surface area (TPSA) is 75.7 Å². The van der Waals surface area contributed by atoms with Crippen molar-refractivity contribution >= 4 is 17.8 Å². The quantitative estimate of drug-likeness (QED) is 0.346. The van der Waals surface area contributed by atoms with Crippen molar-refractivity contribution in [1.29, 1.82) is 0 Å². The van der Waals surface area contributed by atoms with Gasteiger partial charge in [-0.15, -0.1) is 0 Å². The van der Waals surface area contributed by atoms with E-state index >= 15 is 0 Å². The van der Waals surface area contributed by atoms with Crippen molar-refractivity contribution in [3.8, 4) is 0 Å². The summed E-state index contributed by atoms with van der Waals surface area (Å²) in [5.74, 6) is -0.655. The smallest absolute Gasteiger partial charge is 0.328 e. The predicted octanol–water partition coefficient (Wildman–Crippen LogP) is 4.60. The van der Waals surface area contributed by atoms with Gasteiger partial charge in [-0.25, -0.2) is 4.79 Å². The SMILES string of the molecule is CCCCCCCCCCOC(=O)C1CCCN1C(=O)C(C)NC(=O)CC(C)(C)C. The molecule has 2 unspecified atom stereocenters. The van der Waals surface area contributed by atoms with Crippen LogP contribution in [0, 0.1) is 5.41 Å². The molecule has 0 aromatic heterocycles. The molecule has 1 fully saturated rings. The number of amides is 2. The van der Waals surface area contributed by atoms with Gasteiger partial charge in [-0.1, -0.05) is 72.6 Å². The van der Waals surface area contributed by atoms with Crippen molar-refractivity contribution in [2.45, 2.75) is 117 Å². The van der Waals surface area contributed by atoms with Crippen molar-refractivity contribution in [3.05, 3.63) is 0 Å². The Morgan fingerprint density at radius 3 is 2.23 bits per heavy atom. The van der Waals surface area contributed by atoms with Gasteiger partial charge in [-0.05, 0) is 31.6 Å². The van der Waals surface area contributed by atoms with Gasteiger partial charge in [-0.2, -0.15) is 0 Å². The Morgan fingerprint density at radius 1 is 1.03 bits per heavy atom. The molecule has 6 nitrogen and oxygen atoms in total. The van der Waals surface area contributed by atoms with E-state index in [1.807, 2.05) is 20.8 Å². The third kappa shape index (κ3) is 10.4. The highest BCUT2D eigenvalue weighted by atomic mass is 16.5. The van der Waals surface area contributed by atoms with E-state index in [0.29, 0.717) is 26.0 Å².